The molecule has 0 unspecified atom stereocenters. The summed E-state index contributed by atoms with van der Waals surface area (Å²) in [5.74, 6) is -1.50. The number of hydrogen-bond donors (Lipinski definition) is 2. The molecule has 4 nitrogen and oxygen atoms in total. The molecule has 1 rings (SSSR count). The quantitative estimate of drug-likeness (QED) is 0.833. The van der Waals surface area contributed by atoms with Crippen molar-refractivity contribution in [2.75, 3.05) is 5.73 Å². The minimum atomic E-state index is -2.96. The molecule has 0 saturated heterocycles. The van der Waals surface area contributed by atoms with Crippen molar-refractivity contribution >= 4 is 27.6 Å². The van der Waals surface area contributed by atoms with Crippen LogP contribution in [-0.2, 0) is 5.33 Å². The third kappa shape index (κ3) is 2.41. The van der Waals surface area contributed by atoms with Crippen LogP contribution >= 0.6 is 15.9 Å². The number of nitrogens with zero attached hydrogens (tertiary/aromatic N) is 1. The Kier molecular flexibility index (Phi) is 3.57. The molecule has 3 N–H and O–H groups in total. The molecular formula is C8H7BrF2N2O2. The standard InChI is InChI=1S/C8H7BrF2N2O2/c9-2-3-1-4(12)5(8(14)15)6(13-3)7(10)11/h1,7H,2H2,(H2,12,13)(H,14,15). The number of carboxylic acids is 1. The SMILES string of the molecule is Nc1cc(CBr)nc(C(F)F)c1C(=O)O. The van der Waals surface area contributed by atoms with Gasteiger partial charge in [0.2, 0.25) is 0 Å². The third-order valence-electron chi connectivity index (χ3n) is 1.69. The van der Waals surface area contributed by atoms with Gasteiger partial charge in [0.15, 0.2) is 0 Å². The maximum Gasteiger partial charge on any atom is 0.339 e. The summed E-state index contributed by atoms with van der Waals surface area (Å²) in [5.41, 5.74) is 4.00. The van der Waals surface area contributed by atoms with Crippen LogP contribution in [0.1, 0.15) is 28.2 Å². The molecule has 0 atom stereocenters. The zero-order chi connectivity index (χ0) is 11.6. The summed E-state index contributed by atoms with van der Waals surface area (Å²) in [6, 6.07) is 1.25. The summed E-state index contributed by atoms with van der Waals surface area (Å²) in [7, 11) is 0. The number of carbonyl (C=O) groups is 1. The smallest absolute Gasteiger partial charge is 0.339 e. The molecule has 0 radical (unpaired) electrons. The number of carboxylic acid groups (broad SMARTS) is 1. The Bertz CT molecular complexity index is 398. The van der Waals surface area contributed by atoms with Crippen molar-refractivity contribution in [3.63, 3.8) is 0 Å². The average Bonchev–Trinajstić information content (AvgIpc) is 2.15. The Morgan fingerprint density at radius 2 is 2.27 bits per heavy atom. The van der Waals surface area contributed by atoms with Gasteiger partial charge in [-0.05, 0) is 6.07 Å². The van der Waals surface area contributed by atoms with E-state index >= 15 is 0 Å². The summed E-state index contributed by atoms with van der Waals surface area (Å²) in [4.78, 5) is 14.2. The third-order valence-corrected chi connectivity index (χ3v) is 2.26. The molecule has 1 aromatic heterocycles. The van der Waals surface area contributed by atoms with E-state index in [1.807, 2.05) is 0 Å². The van der Waals surface area contributed by atoms with Crippen LogP contribution in [0.3, 0.4) is 0 Å². The number of aromatic nitrogens is 1. The number of anilines is 1. The lowest BCUT2D eigenvalue weighted by Gasteiger charge is -2.08. The number of hydrogen-bond acceptors (Lipinski definition) is 3. The molecule has 0 spiro atoms. The number of rotatable bonds is 3. The van der Waals surface area contributed by atoms with Gasteiger partial charge in [0, 0.05) is 5.33 Å². The van der Waals surface area contributed by atoms with Gasteiger partial charge in [-0.25, -0.2) is 18.6 Å². The van der Waals surface area contributed by atoms with E-state index in [1.165, 1.54) is 6.07 Å². The molecule has 7 heteroatoms. The summed E-state index contributed by atoms with van der Waals surface area (Å²) in [5, 5.41) is 8.93. The fraction of sp³-hybridized carbons (Fsp3) is 0.250. The minimum Gasteiger partial charge on any atom is -0.478 e. The zero-order valence-electron chi connectivity index (χ0n) is 7.38. The zero-order valence-corrected chi connectivity index (χ0v) is 8.96. The Morgan fingerprint density at radius 3 is 2.67 bits per heavy atom. The van der Waals surface area contributed by atoms with Gasteiger partial charge in [-0.15, -0.1) is 0 Å². The van der Waals surface area contributed by atoms with E-state index in [9.17, 15) is 13.6 Å². The van der Waals surface area contributed by atoms with E-state index in [-0.39, 0.29) is 16.7 Å². The lowest BCUT2D eigenvalue weighted by molar-refractivity contribution is 0.0683. The monoisotopic (exact) mass is 280 g/mol. The van der Waals surface area contributed by atoms with Gasteiger partial charge in [0.05, 0.1) is 11.4 Å². The molecule has 0 saturated carbocycles. The Balaban J connectivity index is 3.42. The second kappa shape index (κ2) is 4.52. The van der Waals surface area contributed by atoms with Gasteiger partial charge in [-0.2, -0.15) is 0 Å². The van der Waals surface area contributed by atoms with Crippen LogP contribution in [0, 0.1) is 0 Å². The number of alkyl halides is 3. The molecule has 1 heterocycles. The highest BCUT2D eigenvalue weighted by Crippen LogP contribution is 2.26. The summed E-state index contributed by atoms with van der Waals surface area (Å²) in [6.07, 6.45) is -2.96. The number of nitrogens with two attached hydrogens (primary N) is 1. The molecular weight excluding hydrogens is 274 g/mol. The van der Waals surface area contributed by atoms with E-state index in [0.29, 0.717) is 0 Å². The van der Waals surface area contributed by atoms with E-state index in [4.69, 9.17) is 10.8 Å². The van der Waals surface area contributed by atoms with Crippen molar-refractivity contribution < 1.29 is 18.7 Å². The fourth-order valence-electron chi connectivity index (χ4n) is 1.10. The van der Waals surface area contributed by atoms with E-state index in [0.717, 1.165) is 0 Å². The van der Waals surface area contributed by atoms with Crippen molar-refractivity contribution in [3.8, 4) is 0 Å². The van der Waals surface area contributed by atoms with E-state index < -0.39 is 23.7 Å². The minimum absolute atomic E-state index is 0.206. The van der Waals surface area contributed by atoms with Crippen molar-refractivity contribution in [2.24, 2.45) is 0 Å². The highest BCUT2D eigenvalue weighted by atomic mass is 79.9. The van der Waals surface area contributed by atoms with Crippen LogP contribution in [0.2, 0.25) is 0 Å². The lowest BCUT2D eigenvalue weighted by Crippen LogP contribution is -2.11. The van der Waals surface area contributed by atoms with Gasteiger partial charge < -0.3 is 10.8 Å². The highest BCUT2D eigenvalue weighted by Gasteiger charge is 2.23. The van der Waals surface area contributed by atoms with E-state index in [2.05, 4.69) is 20.9 Å². The van der Waals surface area contributed by atoms with Gasteiger partial charge in [0.1, 0.15) is 11.3 Å². The fourth-order valence-corrected chi connectivity index (χ4v) is 1.39. The molecule has 0 amide bonds. The summed E-state index contributed by atoms with van der Waals surface area (Å²) in [6.45, 7) is 0. The molecule has 0 fully saturated rings. The Labute approximate surface area is 92.2 Å². The normalized spacial score (nSPS) is 10.7. The largest absolute Gasteiger partial charge is 0.478 e. The van der Waals surface area contributed by atoms with Crippen molar-refractivity contribution in [1.29, 1.82) is 0 Å². The summed E-state index contributed by atoms with van der Waals surface area (Å²) >= 11 is 3.03. The highest BCUT2D eigenvalue weighted by molar-refractivity contribution is 9.08. The van der Waals surface area contributed by atoms with Gasteiger partial charge in [-0.3, -0.25) is 0 Å². The van der Waals surface area contributed by atoms with Crippen LogP contribution in [0.5, 0.6) is 0 Å². The predicted octanol–water partition coefficient (Wildman–Crippen LogP) is 2.19. The number of halogens is 3. The van der Waals surface area contributed by atoms with Gasteiger partial charge in [-0.1, -0.05) is 15.9 Å². The first-order valence-electron chi connectivity index (χ1n) is 3.84. The number of nitrogen functional groups attached to an aromatic ring is 1. The Hall–Kier alpha value is -1.24. The molecule has 1 aromatic rings. The molecule has 0 aliphatic heterocycles. The molecule has 0 aromatic carbocycles. The number of pyridine rings is 1. The summed E-state index contributed by atoms with van der Waals surface area (Å²) < 4.78 is 25.0. The average molecular weight is 281 g/mol. The van der Waals surface area contributed by atoms with Crippen LogP contribution in [0.15, 0.2) is 6.07 Å². The second-order valence-corrected chi connectivity index (χ2v) is 3.26. The molecule has 0 bridgehead atoms. The van der Waals surface area contributed by atoms with E-state index in [1.54, 1.807) is 0 Å². The molecule has 0 aliphatic carbocycles. The van der Waals surface area contributed by atoms with Gasteiger partial charge in [0.25, 0.3) is 6.43 Å². The van der Waals surface area contributed by atoms with Crippen molar-refractivity contribution in [2.45, 2.75) is 11.8 Å². The maximum atomic E-state index is 12.5. The first-order chi connectivity index (χ1) is 6.97. The van der Waals surface area contributed by atoms with Crippen LogP contribution < -0.4 is 5.73 Å². The Morgan fingerprint density at radius 1 is 1.67 bits per heavy atom. The molecule has 15 heavy (non-hydrogen) atoms. The van der Waals surface area contributed by atoms with Crippen molar-refractivity contribution in [1.82, 2.24) is 4.98 Å². The van der Waals surface area contributed by atoms with Crippen LogP contribution in [0.25, 0.3) is 0 Å². The predicted molar refractivity (Wildman–Crippen MR) is 53.2 cm³/mol. The molecule has 82 valence electrons. The van der Waals surface area contributed by atoms with Crippen LogP contribution in [0.4, 0.5) is 14.5 Å². The van der Waals surface area contributed by atoms with Crippen LogP contribution in [-0.4, -0.2) is 16.1 Å². The van der Waals surface area contributed by atoms with Crippen molar-refractivity contribution in [3.05, 3.63) is 23.0 Å². The first kappa shape index (κ1) is 11.8. The van der Waals surface area contributed by atoms with Gasteiger partial charge >= 0.3 is 5.97 Å². The number of aromatic carboxylic acids is 1. The molecule has 0 aliphatic rings. The topological polar surface area (TPSA) is 76.2 Å². The first-order valence-corrected chi connectivity index (χ1v) is 4.96. The lowest BCUT2D eigenvalue weighted by atomic mass is 10.1. The second-order valence-electron chi connectivity index (χ2n) is 2.70. The maximum absolute atomic E-state index is 12.5.